The van der Waals surface area contributed by atoms with Gasteiger partial charge in [-0.05, 0) is 24.1 Å². The predicted molar refractivity (Wildman–Crippen MR) is 118 cm³/mol. The quantitative estimate of drug-likeness (QED) is 0.400. The normalized spacial score (nSPS) is 10.9. The third-order valence-corrected chi connectivity index (χ3v) is 5.20. The highest BCUT2D eigenvalue weighted by Crippen LogP contribution is 2.26. The number of ether oxygens (including phenoxy) is 2. The minimum Gasteiger partial charge on any atom is -0.496 e. The molecule has 0 aliphatic rings. The summed E-state index contributed by atoms with van der Waals surface area (Å²) in [4.78, 5) is 16.7. The number of benzene rings is 2. The number of hydrogen-bond acceptors (Lipinski definition) is 7. The number of aromatic nitrogens is 4. The number of H-pyrrole nitrogens is 1. The molecule has 0 amide bonds. The molecule has 0 radical (unpaired) electrons. The monoisotopic (exact) mass is 437 g/mol. The maximum atomic E-state index is 12.6. The summed E-state index contributed by atoms with van der Waals surface area (Å²) in [5.41, 5.74) is 8.91. The molecule has 0 spiro atoms. The number of aryl methyl sites for hydroxylation is 1. The van der Waals surface area contributed by atoms with Crippen molar-refractivity contribution < 1.29 is 14.3 Å². The highest BCUT2D eigenvalue weighted by Gasteiger charge is 2.13. The first-order valence-electron chi connectivity index (χ1n) is 9.58. The molecule has 0 aliphatic carbocycles. The lowest BCUT2D eigenvalue weighted by Crippen LogP contribution is -2.04. The van der Waals surface area contributed by atoms with E-state index in [4.69, 9.17) is 26.8 Å². The first kappa shape index (κ1) is 20.6. The molecule has 0 saturated carbocycles. The van der Waals surface area contributed by atoms with Gasteiger partial charge in [0.1, 0.15) is 18.2 Å². The number of halogens is 1. The highest BCUT2D eigenvalue weighted by atomic mass is 35.5. The van der Waals surface area contributed by atoms with Gasteiger partial charge in [0, 0.05) is 28.6 Å². The van der Waals surface area contributed by atoms with E-state index in [-0.39, 0.29) is 18.2 Å². The molecule has 0 fully saturated rings. The summed E-state index contributed by atoms with van der Waals surface area (Å²) in [6, 6.07) is 14.4. The van der Waals surface area contributed by atoms with Crippen LogP contribution in [0.5, 0.6) is 11.5 Å². The Bertz CT molecular complexity index is 1240. The van der Waals surface area contributed by atoms with Gasteiger partial charge in [0.15, 0.2) is 17.0 Å². The number of para-hydroxylation sites is 1. The van der Waals surface area contributed by atoms with Crippen LogP contribution in [0.3, 0.4) is 0 Å². The van der Waals surface area contributed by atoms with Crippen molar-refractivity contribution in [2.24, 2.45) is 0 Å². The number of Topliss-reactive ketones (excluding diaryl/α,β-unsaturated/α-hetero) is 1. The summed E-state index contributed by atoms with van der Waals surface area (Å²) in [6.07, 6.45) is 0.940. The van der Waals surface area contributed by atoms with Crippen molar-refractivity contribution in [1.82, 2.24) is 20.4 Å². The Kier molecular flexibility index (Phi) is 5.99. The Morgan fingerprint density at radius 3 is 2.74 bits per heavy atom. The second kappa shape index (κ2) is 9.01. The van der Waals surface area contributed by atoms with E-state index in [1.807, 2.05) is 24.3 Å². The molecular weight excluding hydrogens is 418 g/mol. The molecule has 158 valence electrons. The molecule has 4 aromatic rings. The molecule has 2 aromatic heterocycles. The van der Waals surface area contributed by atoms with E-state index in [0.29, 0.717) is 40.3 Å². The van der Waals surface area contributed by atoms with Crippen molar-refractivity contribution in [1.29, 1.82) is 0 Å². The molecule has 8 nitrogen and oxygen atoms in total. The maximum absolute atomic E-state index is 12.6. The van der Waals surface area contributed by atoms with Crippen LogP contribution in [-0.2, 0) is 13.0 Å². The Morgan fingerprint density at radius 2 is 1.94 bits per heavy atom. The summed E-state index contributed by atoms with van der Waals surface area (Å²) in [6.45, 7) is 0.180. The van der Waals surface area contributed by atoms with Crippen LogP contribution in [0, 0.1) is 0 Å². The number of fused-ring (bicyclic) bond motifs is 1. The number of carbonyl (C=O) groups is 1. The van der Waals surface area contributed by atoms with Crippen molar-refractivity contribution >= 4 is 34.4 Å². The minimum atomic E-state index is 0.00601. The molecule has 0 bridgehead atoms. The van der Waals surface area contributed by atoms with Crippen LogP contribution in [0.25, 0.3) is 11.2 Å². The molecule has 0 saturated heterocycles. The van der Waals surface area contributed by atoms with E-state index < -0.39 is 0 Å². The Hall–Kier alpha value is -3.65. The van der Waals surface area contributed by atoms with Gasteiger partial charge in [0.25, 0.3) is 0 Å². The molecule has 2 heterocycles. The zero-order valence-corrected chi connectivity index (χ0v) is 17.5. The number of nitrogens with zero attached hydrogens (tertiary/aromatic N) is 3. The third-order valence-electron chi connectivity index (χ3n) is 4.85. The second-order valence-corrected chi connectivity index (χ2v) is 7.28. The number of rotatable bonds is 8. The topological polar surface area (TPSA) is 116 Å². The van der Waals surface area contributed by atoms with Gasteiger partial charge in [-0.1, -0.05) is 41.9 Å². The van der Waals surface area contributed by atoms with Crippen LogP contribution in [0.2, 0.25) is 5.02 Å². The minimum absolute atomic E-state index is 0.00601. The van der Waals surface area contributed by atoms with E-state index in [1.165, 1.54) is 0 Å². The number of nitrogens with one attached hydrogen (secondary N) is 1. The maximum Gasteiger partial charge on any atom is 0.207 e. The smallest absolute Gasteiger partial charge is 0.207 e. The zero-order chi connectivity index (χ0) is 21.8. The van der Waals surface area contributed by atoms with Gasteiger partial charge in [-0.15, -0.1) is 5.10 Å². The van der Waals surface area contributed by atoms with Crippen LogP contribution >= 0.6 is 11.6 Å². The standard InChI is InChI=1S/C22H20ClN5O3/c1-30-18-5-3-2-4-13(18)8-9-17(29)14-6-7-15(16(23)10-14)12-31-19-11-20(24)25-22-21(19)26-28-27-22/h2-7,10-11H,8-9,12H2,1H3,(H3,24,25,26,27,28). The summed E-state index contributed by atoms with van der Waals surface area (Å²) in [5.74, 6) is 1.51. The average Bonchev–Trinajstić information content (AvgIpc) is 3.25. The van der Waals surface area contributed by atoms with Gasteiger partial charge in [0.2, 0.25) is 5.65 Å². The van der Waals surface area contributed by atoms with Gasteiger partial charge < -0.3 is 15.2 Å². The number of hydrogen-bond donors (Lipinski definition) is 2. The molecule has 31 heavy (non-hydrogen) atoms. The predicted octanol–water partition coefficient (Wildman–Crippen LogP) is 3.99. The Balaban J connectivity index is 1.42. The van der Waals surface area contributed by atoms with E-state index in [0.717, 1.165) is 16.9 Å². The molecule has 0 unspecified atom stereocenters. The van der Waals surface area contributed by atoms with E-state index in [2.05, 4.69) is 20.4 Å². The van der Waals surface area contributed by atoms with E-state index in [9.17, 15) is 4.79 Å². The average molecular weight is 438 g/mol. The van der Waals surface area contributed by atoms with Gasteiger partial charge in [-0.2, -0.15) is 10.3 Å². The summed E-state index contributed by atoms with van der Waals surface area (Å²) in [7, 11) is 1.62. The molecular formula is C22H20ClN5O3. The largest absolute Gasteiger partial charge is 0.496 e. The first-order chi connectivity index (χ1) is 15.0. The van der Waals surface area contributed by atoms with Crippen molar-refractivity contribution in [3.63, 3.8) is 0 Å². The number of ketones is 1. The SMILES string of the molecule is COc1ccccc1CCC(=O)c1ccc(COc2cc(N)nc3n[nH]nc23)c(Cl)c1. The molecule has 2 aromatic carbocycles. The summed E-state index contributed by atoms with van der Waals surface area (Å²) < 4.78 is 11.2. The lowest BCUT2D eigenvalue weighted by molar-refractivity contribution is 0.0982. The van der Waals surface area contributed by atoms with Crippen LogP contribution in [0.15, 0.2) is 48.5 Å². The highest BCUT2D eigenvalue weighted by molar-refractivity contribution is 6.31. The molecule has 3 N–H and O–H groups in total. The van der Waals surface area contributed by atoms with Gasteiger partial charge in [-0.3, -0.25) is 4.79 Å². The van der Waals surface area contributed by atoms with E-state index in [1.54, 1.807) is 31.4 Å². The van der Waals surface area contributed by atoms with Gasteiger partial charge in [-0.25, -0.2) is 4.98 Å². The molecule has 0 atom stereocenters. The summed E-state index contributed by atoms with van der Waals surface area (Å²) in [5, 5.41) is 10.9. The molecule has 9 heteroatoms. The number of nitrogen functional groups attached to an aromatic ring is 1. The van der Waals surface area contributed by atoms with E-state index >= 15 is 0 Å². The summed E-state index contributed by atoms with van der Waals surface area (Å²) >= 11 is 6.41. The van der Waals surface area contributed by atoms with Crippen LogP contribution in [-0.4, -0.2) is 33.3 Å². The van der Waals surface area contributed by atoms with Crippen LogP contribution in [0.1, 0.15) is 27.9 Å². The number of nitrogens with two attached hydrogens (primary N) is 1. The zero-order valence-electron chi connectivity index (χ0n) is 16.8. The fraction of sp³-hybridized carbons (Fsp3) is 0.182. The lowest BCUT2D eigenvalue weighted by atomic mass is 10.0. The second-order valence-electron chi connectivity index (χ2n) is 6.87. The number of pyridine rings is 1. The fourth-order valence-electron chi connectivity index (χ4n) is 3.23. The van der Waals surface area contributed by atoms with Crippen molar-refractivity contribution in [3.05, 3.63) is 70.2 Å². The molecule has 0 aliphatic heterocycles. The number of aromatic amines is 1. The first-order valence-corrected chi connectivity index (χ1v) is 9.96. The van der Waals surface area contributed by atoms with Gasteiger partial charge >= 0.3 is 0 Å². The van der Waals surface area contributed by atoms with Gasteiger partial charge in [0.05, 0.1) is 7.11 Å². The number of methoxy groups -OCH3 is 1. The van der Waals surface area contributed by atoms with Crippen LogP contribution in [0.4, 0.5) is 5.82 Å². The molecule has 4 rings (SSSR count). The van der Waals surface area contributed by atoms with Crippen molar-refractivity contribution in [2.45, 2.75) is 19.4 Å². The van der Waals surface area contributed by atoms with Crippen molar-refractivity contribution in [3.8, 4) is 11.5 Å². The number of anilines is 1. The Morgan fingerprint density at radius 1 is 1.10 bits per heavy atom. The number of carbonyl (C=O) groups excluding carboxylic acids is 1. The fourth-order valence-corrected chi connectivity index (χ4v) is 3.47. The Labute approximate surface area is 183 Å². The van der Waals surface area contributed by atoms with Crippen molar-refractivity contribution in [2.75, 3.05) is 12.8 Å². The lowest BCUT2D eigenvalue weighted by Gasteiger charge is -2.10. The third kappa shape index (κ3) is 4.59. The van der Waals surface area contributed by atoms with Crippen LogP contribution < -0.4 is 15.2 Å².